The minimum Gasteiger partial charge on any atom is -0.481 e. The van der Waals surface area contributed by atoms with Gasteiger partial charge in [-0.1, -0.05) is 36.0 Å². The molecule has 1 fully saturated rings. The van der Waals surface area contributed by atoms with E-state index in [0.29, 0.717) is 5.17 Å². The third kappa shape index (κ3) is 5.19. The molecule has 0 radical (unpaired) electrons. The first kappa shape index (κ1) is 17.2. The Labute approximate surface area is 138 Å². The molecule has 23 heavy (non-hydrogen) atoms. The number of nitrogens with zero attached hydrogens (tertiary/aromatic N) is 3. The molecule has 0 saturated carbocycles. The van der Waals surface area contributed by atoms with Gasteiger partial charge in [0.2, 0.25) is 5.91 Å². The normalized spacial score (nSPS) is 19.7. The molecule has 1 aliphatic heterocycles. The summed E-state index contributed by atoms with van der Waals surface area (Å²) in [4.78, 5) is 24.3. The molecule has 1 aromatic rings. The molecule has 2 rings (SSSR count). The van der Waals surface area contributed by atoms with Crippen LogP contribution in [-0.4, -0.2) is 52.6 Å². The average molecular weight is 334 g/mol. The van der Waals surface area contributed by atoms with Crippen molar-refractivity contribution in [3.05, 3.63) is 35.4 Å². The van der Waals surface area contributed by atoms with E-state index in [0.717, 1.165) is 29.4 Å². The van der Waals surface area contributed by atoms with Crippen LogP contribution in [-0.2, 0) is 16.1 Å². The first-order chi connectivity index (χ1) is 11.0. The van der Waals surface area contributed by atoms with E-state index in [1.165, 1.54) is 0 Å². The van der Waals surface area contributed by atoms with Crippen LogP contribution in [0.25, 0.3) is 0 Å². The summed E-state index contributed by atoms with van der Waals surface area (Å²) < 4.78 is 0. The number of aliphatic carboxylic acids is 1. The van der Waals surface area contributed by atoms with Gasteiger partial charge in [0.15, 0.2) is 5.17 Å². The van der Waals surface area contributed by atoms with Gasteiger partial charge < -0.3 is 15.3 Å². The van der Waals surface area contributed by atoms with E-state index in [4.69, 9.17) is 5.11 Å². The van der Waals surface area contributed by atoms with Gasteiger partial charge in [-0.25, -0.2) is 0 Å². The standard InChI is InChI=1S/C15H18N4O3S/c1-19(2)9-11-6-4-3-5-10(11)8-16-18-15-17-14(22)12(23-15)7-13(20)21/h3-6,8,12H,7,9H2,1-2H3,(H,20,21)(H,17,18,22). The third-order valence-electron chi connectivity index (χ3n) is 3.02. The fourth-order valence-electron chi connectivity index (χ4n) is 2.03. The zero-order valence-electron chi connectivity index (χ0n) is 12.9. The number of amides is 1. The van der Waals surface area contributed by atoms with E-state index in [-0.39, 0.29) is 12.3 Å². The monoisotopic (exact) mass is 334 g/mol. The van der Waals surface area contributed by atoms with Crippen LogP contribution in [0.5, 0.6) is 0 Å². The minimum atomic E-state index is -1.01. The second-order valence-electron chi connectivity index (χ2n) is 5.28. The van der Waals surface area contributed by atoms with Gasteiger partial charge in [-0.05, 0) is 25.2 Å². The number of carboxylic acids is 1. The molecular formula is C15H18N4O3S. The van der Waals surface area contributed by atoms with E-state index in [9.17, 15) is 9.59 Å². The Hall–Kier alpha value is -2.19. The summed E-state index contributed by atoms with van der Waals surface area (Å²) >= 11 is 1.08. The number of hydrogen-bond donors (Lipinski definition) is 2. The van der Waals surface area contributed by atoms with Crippen LogP contribution >= 0.6 is 11.8 Å². The molecule has 0 bridgehead atoms. The first-order valence-electron chi connectivity index (χ1n) is 6.98. The zero-order chi connectivity index (χ0) is 16.8. The fourth-order valence-corrected chi connectivity index (χ4v) is 2.95. The smallest absolute Gasteiger partial charge is 0.305 e. The van der Waals surface area contributed by atoms with Crippen LogP contribution in [0.15, 0.2) is 34.5 Å². The fraction of sp³-hybridized carbons (Fsp3) is 0.333. The molecule has 1 amide bonds. The number of carboxylic acid groups (broad SMARTS) is 1. The maximum absolute atomic E-state index is 11.6. The molecule has 2 N–H and O–H groups in total. The molecule has 0 aromatic heterocycles. The summed E-state index contributed by atoms with van der Waals surface area (Å²) in [5.41, 5.74) is 2.07. The maximum atomic E-state index is 11.6. The third-order valence-corrected chi connectivity index (χ3v) is 4.10. The lowest BCUT2D eigenvalue weighted by Crippen LogP contribution is -2.26. The Morgan fingerprint density at radius 3 is 2.87 bits per heavy atom. The SMILES string of the molecule is CN(C)Cc1ccccc1C=NN=C1NC(=O)C(CC(=O)O)S1. The van der Waals surface area contributed by atoms with Gasteiger partial charge in [0.1, 0.15) is 5.25 Å². The van der Waals surface area contributed by atoms with E-state index < -0.39 is 11.2 Å². The van der Waals surface area contributed by atoms with Crippen molar-refractivity contribution in [3.63, 3.8) is 0 Å². The molecule has 1 aromatic carbocycles. The number of nitrogens with one attached hydrogen (secondary N) is 1. The van der Waals surface area contributed by atoms with Crippen LogP contribution in [0.4, 0.5) is 0 Å². The summed E-state index contributed by atoms with van der Waals surface area (Å²) in [6, 6.07) is 7.84. The van der Waals surface area contributed by atoms with Gasteiger partial charge in [0.05, 0.1) is 12.6 Å². The average Bonchev–Trinajstić information content (AvgIpc) is 2.80. The van der Waals surface area contributed by atoms with Crippen LogP contribution in [0, 0.1) is 0 Å². The predicted octanol–water partition coefficient (Wildman–Crippen LogP) is 1.14. The quantitative estimate of drug-likeness (QED) is 0.601. The summed E-state index contributed by atoms with van der Waals surface area (Å²) in [6.07, 6.45) is 1.40. The zero-order valence-corrected chi connectivity index (χ0v) is 13.7. The Bertz CT molecular complexity index is 658. The number of hydrogen-bond acceptors (Lipinski definition) is 6. The highest BCUT2D eigenvalue weighted by Gasteiger charge is 2.32. The van der Waals surface area contributed by atoms with Crippen molar-refractivity contribution in [1.82, 2.24) is 10.2 Å². The van der Waals surface area contributed by atoms with Crippen LogP contribution in [0.2, 0.25) is 0 Å². The van der Waals surface area contributed by atoms with Crippen molar-refractivity contribution < 1.29 is 14.7 Å². The van der Waals surface area contributed by atoms with Crippen LogP contribution < -0.4 is 5.32 Å². The van der Waals surface area contributed by atoms with Crippen LogP contribution in [0.1, 0.15) is 17.5 Å². The summed E-state index contributed by atoms with van der Waals surface area (Å²) in [7, 11) is 3.98. The molecule has 1 unspecified atom stereocenters. The molecule has 0 spiro atoms. The lowest BCUT2D eigenvalue weighted by atomic mass is 10.1. The number of rotatable bonds is 6. The van der Waals surface area contributed by atoms with Gasteiger partial charge in [-0.3, -0.25) is 9.59 Å². The lowest BCUT2D eigenvalue weighted by molar-refractivity contribution is -0.138. The predicted molar refractivity (Wildman–Crippen MR) is 90.6 cm³/mol. The van der Waals surface area contributed by atoms with Gasteiger partial charge in [0.25, 0.3) is 0 Å². The minimum absolute atomic E-state index is 0.231. The number of thioether (sulfide) groups is 1. The van der Waals surface area contributed by atoms with E-state index in [1.807, 2.05) is 38.4 Å². The second kappa shape index (κ2) is 7.89. The van der Waals surface area contributed by atoms with Crippen LogP contribution in [0.3, 0.4) is 0 Å². The molecular weight excluding hydrogens is 316 g/mol. The largest absolute Gasteiger partial charge is 0.481 e. The molecule has 1 saturated heterocycles. The van der Waals surface area contributed by atoms with E-state index in [1.54, 1.807) is 6.21 Å². The Morgan fingerprint density at radius 2 is 2.17 bits per heavy atom. The molecule has 122 valence electrons. The second-order valence-corrected chi connectivity index (χ2v) is 6.47. The van der Waals surface area contributed by atoms with Crippen molar-refractivity contribution in [2.24, 2.45) is 10.2 Å². The van der Waals surface area contributed by atoms with Gasteiger partial charge in [-0.2, -0.15) is 5.10 Å². The topological polar surface area (TPSA) is 94.4 Å². The van der Waals surface area contributed by atoms with Crippen molar-refractivity contribution >= 4 is 35.0 Å². The van der Waals surface area contributed by atoms with Gasteiger partial charge >= 0.3 is 5.97 Å². The number of carbonyl (C=O) groups is 2. The molecule has 7 nitrogen and oxygen atoms in total. The summed E-state index contributed by atoms with van der Waals surface area (Å²) in [5, 5.41) is 18.9. The summed E-state index contributed by atoms with van der Waals surface area (Å²) in [6.45, 7) is 0.783. The number of benzene rings is 1. The van der Waals surface area contributed by atoms with Gasteiger partial charge in [0, 0.05) is 6.54 Å². The highest BCUT2D eigenvalue weighted by atomic mass is 32.2. The molecule has 1 aliphatic rings. The van der Waals surface area contributed by atoms with Gasteiger partial charge in [-0.15, -0.1) is 5.10 Å². The Kier molecular flexibility index (Phi) is 5.89. The summed E-state index contributed by atoms with van der Waals surface area (Å²) in [5.74, 6) is -1.36. The molecule has 8 heteroatoms. The van der Waals surface area contributed by atoms with Crippen molar-refractivity contribution in [2.45, 2.75) is 18.2 Å². The Morgan fingerprint density at radius 1 is 1.43 bits per heavy atom. The highest BCUT2D eigenvalue weighted by Crippen LogP contribution is 2.22. The highest BCUT2D eigenvalue weighted by molar-refractivity contribution is 8.15. The molecule has 1 heterocycles. The number of amidine groups is 1. The molecule has 0 aliphatic carbocycles. The van der Waals surface area contributed by atoms with Crippen molar-refractivity contribution in [3.8, 4) is 0 Å². The van der Waals surface area contributed by atoms with E-state index in [2.05, 4.69) is 20.4 Å². The van der Waals surface area contributed by atoms with Crippen molar-refractivity contribution in [2.75, 3.05) is 14.1 Å². The maximum Gasteiger partial charge on any atom is 0.305 e. The Balaban J connectivity index is 2.04. The van der Waals surface area contributed by atoms with Crippen molar-refractivity contribution in [1.29, 1.82) is 0 Å². The molecule has 1 atom stereocenters. The lowest BCUT2D eigenvalue weighted by Gasteiger charge is -2.11. The van der Waals surface area contributed by atoms with E-state index >= 15 is 0 Å². The number of carbonyl (C=O) groups excluding carboxylic acids is 1. The first-order valence-corrected chi connectivity index (χ1v) is 7.86.